The Hall–Kier alpha value is -2.07. The zero-order chi connectivity index (χ0) is 19.3. The van der Waals surface area contributed by atoms with Gasteiger partial charge in [0.1, 0.15) is 0 Å². The zero-order valence-corrected chi connectivity index (χ0v) is 17.1. The molecule has 0 fully saturated rings. The molecule has 27 heavy (non-hydrogen) atoms. The first-order valence-corrected chi connectivity index (χ1v) is 10.8. The third-order valence-corrected chi connectivity index (χ3v) is 5.73. The number of hydrogen-bond donors (Lipinski definition) is 2. The number of benzene rings is 1. The summed E-state index contributed by atoms with van der Waals surface area (Å²) in [4.78, 5) is 13.5. The Labute approximate surface area is 167 Å². The topological polar surface area (TPSA) is 49.3 Å². The maximum Gasteiger partial charge on any atom is 0.328 e. The predicted octanol–water partition coefficient (Wildman–Crippen LogP) is 6.40. The van der Waals surface area contributed by atoms with E-state index in [4.69, 9.17) is 5.11 Å². The van der Waals surface area contributed by atoms with Crippen LogP contribution in [0.2, 0.25) is 0 Å². The number of thiophene rings is 1. The smallest absolute Gasteiger partial charge is 0.328 e. The molecule has 1 aromatic carbocycles. The van der Waals surface area contributed by atoms with Crippen molar-refractivity contribution in [3.8, 4) is 0 Å². The van der Waals surface area contributed by atoms with E-state index in [-0.39, 0.29) is 0 Å². The minimum absolute atomic E-state index is 0.889. The molecule has 0 spiro atoms. The SMILES string of the molecule is CCCCCCCCc1ccc(CCNc2ccc(/C=C/C(=O)O)cc2)s1. The Morgan fingerprint density at radius 2 is 1.63 bits per heavy atom. The quantitative estimate of drug-likeness (QED) is 0.310. The summed E-state index contributed by atoms with van der Waals surface area (Å²) < 4.78 is 0. The molecule has 0 amide bonds. The van der Waals surface area contributed by atoms with Gasteiger partial charge in [0.2, 0.25) is 0 Å². The van der Waals surface area contributed by atoms with Crippen molar-refractivity contribution >= 4 is 29.1 Å². The number of nitrogens with one attached hydrogen (secondary N) is 1. The fourth-order valence-electron chi connectivity index (χ4n) is 2.98. The van der Waals surface area contributed by atoms with Gasteiger partial charge in [-0.3, -0.25) is 0 Å². The number of hydrogen-bond acceptors (Lipinski definition) is 3. The Morgan fingerprint density at radius 1 is 0.963 bits per heavy atom. The second-order valence-corrected chi connectivity index (χ2v) is 8.11. The van der Waals surface area contributed by atoms with Crippen LogP contribution in [0.25, 0.3) is 6.08 Å². The number of anilines is 1. The lowest BCUT2D eigenvalue weighted by Gasteiger charge is -2.05. The average Bonchev–Trinajstić information content (AvgIpc) is 3.11. The van der Waals surface area contributed by atoms with E-state index in [1.54, 1.807) is 6.08 Å². The van der Waals surface area contributed by atoms with Gasteiger partial charge < -0.3 is 10.4 Å². The van der Waals surface area contributed by atoms with Crippen molar-refractivity contribution in [1.82, 2.24) is 0 Å². The van der Waals surface area contributed by atoms with Crippen LogP contribution < -0.4 is 5.32 Å². The fraction of sp³-hybridized carbons (Fsp3) is 0.435. The second-order valence-electron chi connectivity index (χ2n) is 6.86. The van der Waals surface area contributed by atoms with E-state index in [0.29, 0.717) is 0 Å². The van der Waals surface area contributed by atoms with Crippen LogP contribution in [0.15, 0.2) is 42.5 Å². The van der Waals surface area contributed by atoms with Crippen molar-refractivity contribution in [1.29, 1.82) is 0 Å². The molecule has 0 unspecified atom stereocenters. The van der Waals surface area contributed by atoms with Gasteiger partial charge in [-0.2, -0.15) is 0 Å². The van der Waals surface area contributed by atoms with Crippen LogP contribution in [0, 0.1) is 0 Å². The third-order valence-electron chi connectivity index (χ3n) is 4.52. The third kappa shape index (κ3) is 8.91. The summed E-state index contributed by atoms with van der Waals surface area (Å²) in [6.07, 6.45) is 13.1. The number of rotatable bonds is 13. The highest BCUT2D eigenvalue weighted by molar-refractivity contribution is 7.11. The minimum Gasteiger partial charge on any atom is -0.478 e. The molecule has 146 valence electrons. The van der Waals surface area contributed by atoms with E-state index in [1.807, 2.05) is 35.6 Å². The van der Waals surface area contributed by atoms with E-state index < -0.39 is 5.97 Å². The van der Waals surface area contributed by atoms with Crippen LogP contribution in [0.1, 0.15) is 60.8 Å². The minimum atomic E-state index is -0.927. The number of aliphatic carboxylic acids is 1. The lowest BCUT2D eigenvalue weighted by Crippen LogP contribution is -2.03. The van der Waals surface area contributed by atoms with Gasteiger partial charge >= 0.3 is 5.97 Å². The lowest BCUT2D eigenvalue weighted by molar-refractivity contribution is -0.131. The number of carboxylic acid groups (broad SMARTS) is 1. The van der Waals surface area contributed by atoms with Gasteiger partial charge in [-0.15, -0.1) is 11.3 Å². The van der Waals surface area contributed by atoms with Gasteiger partial charge in [-0.25, -0.2) is 4.79 Å². The zero-order valence-electron chi connectivity index (χ0n) is 16.2. The van der Waals surface area contributed by atoms with E-state index in [1.165, 1.54) is 54.7 Å². The maximum atomic E-state index is 10.5. The van der Waals surface area contributed by atoms with Gasteiger partial charge in [-0.1, -0.05) is 51.2 Å². The summed E-state index contributed by atoms with van der Waals surface area (Å²) in [5.41, 5.74) is 1.95. The van der Waals surface area contributed by atoms with Crippen LogP contribution >= 0.6 is 11.3 Å². The summed E-state index contributed by atoms with van der Waals surface area (Å²) in [6.45, 7) is 3.16. The standard InChI is InChI=1S/C23H31NO2S/c1-2-3-4-5-6-7-8-21-14-15-22(27-21)17-18-24-20-12-9-19(10-13-20)11-16-23(25)26/h9-16,24H,2-8,17-18H2,1H3,(H,25,26)/b16-11+. The van der Waals surface area contributed by atoms with Gasteiger partial charge in [0.05, 0.1) is 0 Å². The molecule has 3 nitrogen and oxygen atoms in total. The summed E-state index contributed by atoms with van der Waals surface area (Å²) in [5, 5.41) is 12.1. The predicted molar refractivity (Wildman–Crippen MR) is 117 cm³/mol. The normalized spacial score (nSPS) is 11.1. The van der Waals surface area contributed by atoms with Gasteiger partial charge in [0, 0.05) is 28.1 Å². The molecule has 0 saturated carbocycles. The first-order valence-electron chi connectivity index (χ1n) is 10.00. The van der Waals surface area contributed by atoms with Crippen molar-refractivity contribution in [2.45, 2.75) is 58.3 Å². The molecule has 1 heterocycles. The first kappa shape index (κ1) is 21.2. The molecule has 0 radical (unpaired) electrons. The highest BCUT2D eigenvalue weighted by atomic mass is 32.1. The summed E-state index contributed by atoms with van der Waals surface area (Å²) in [5.74, 6) is -0.927. The van der Waals surface area contributed by atoms with Crippen LogP contribution in [0.5, 0.6) is 0 Å². The second kappa shape index (κ2) is 12.3. The van der Waals surface area contributed by atoms with Crippen molar-refractivity contribution < 1.29 is 9.90 Å². The van der Waals surface area contributed by atoms with Gasteiger partial charge in [-0.05, 0) is 55.2 Å². The summed E-state index contributed by atoms with van der Waals surface area (Å²) in [6, 6.07) is 12.4. The van der Waals surface area contributed by atoms with E-state index in [2.05, 4.69) is 24.4 Å². The molecule has 2 rings (SSSR count). The molecule has 1 aromatic heterocycles. The molecule has 0 bridgehead atoms. The average molecular weight is 386 g/mol. The number of carboxylic acids is 1. The maximum absolute atomic E-state index is 10.5. The summed E-state index contributed by atoms with van der Waals surface area (Å²) in [7, 11) is 0. The molecule has 0 aliphatic carbocycles. The fourth-order valence-corrected chi connectivity index (χ4v) is 4.04. The van der Waals surface area contributed by atoms with E-state index in [9.17, 15) is 4.79 Å². The Balaban J connectivity index is 1.65. The Kier molecular flexibility index (Phi) is 9.70. The molecule has 0 atom stereocenters. The van der Waals surface area contributed by atoms with Gasteiger partial charge in [0.15, 0.2) is 0 Å². The van der Waals surface area contributed by atoms with Crippen LogP contribution in [-0.4, -0.2) is 17.6 Å². The van der Waals surface area contributed by atoms with Crippen molar-refractivity contribution in [3.63, 3.8) is 0 Å². The van der Waals surface area contributed by atoms with Crippen molar-refractivity contribution in [2.24, 2.45) is 0 Å². The largest absolute Gasteiger partial charge is 0.478 e. The molecule has 2 aromatic rings. The highest BCUT2D eigenvalue weighted by Crippen LogP contribution is 2.20. The highest BCUT2D eigenvalue weighted by Gasteiger charge is 2.01. The number of aryl methyl sites for hydroxylation is 1. The summed E-state index contributed by atoms with van der Waals surface area (Å²) >= 11 is 1.94. The number of carbonyl (C=O) groups is 1. The molecular formula is C23H31NO2S. The van der Waals surface area contributed by atoms with E-state index >= 15 is 0 Å². The monoisotopic (exact) mass is 385 g/mol. The molecular weight excluding hydrogens is 354 g/mol. The van der Waals surface area contributed by atoms with E-state index in [0.717, 1.165) is 30.3 Å². The van der Waals surface area contributed by atoms with Crippen molar-refractivity contribution in [2.75, 3.05) is 11.9 Å². The van der Waals surface area contributed by atoms with Crippen LogP contribution in [-0.2, 0) is 17.6 Å². The molecule has 0 aliphatic heterocycles. The van der Waals surface area contributed by atoms with Crippen LogP contribution in [0.4, 0.5) is 5.69 Å². The lowest BCUT2D eigenvalue weighted by atomic mass is 10.1. The number of unbranched alkanes of at least 4 members (excludes halogenated alkanes) is 5. The molecule has 4 heteroatoms. The van der Waals surface area contributed by atoms with Gasteiger partial charge in [0.25, 0.3) is 0 Å². The Morgan fingerprint density at radius 3 is 2.33 bits per heavy atom. The first-order chi connectivity index (χ1) is 13.2. The molecule has 0 aliphatic rings. The molecule has 0 saturated heterocycles. The van der Waals surface area contributed by atoms with Crippen LogP contribution in [0.3, 0.4) is 0 Å². The van der Waals surface area contributed by atoms with Crippen molar-refractivity contribution in [3.05, 3.63) is 57.8 Å². The molecule has 2 N–H and O–H groups in total. The Bertz CT molecular complexity index is 703.